The van der Waals surface area contributed by atoms with Gasteiger partial charge in [0.2, 0.25) is 6.41 Å². The Bertz CT molecular complexity index is 191. The maximum Gasteiger partial charge on any atom is 0.453 e. The third kappa shape index (κ3) is 3.89. The molecule has 0 N–H and O–H groups in total. The minimum absolute atomic E-state index is 0.116. The van der Waals surface area contributed by atoms with Gasteiger partial charge in [-0.15, -0.1) is 0 Å². The van der Waals surface area contributed by atoms with Crippen molar-refractivity contribution in [1.82, 2.24) is 4.90 Å². The van der Waals surface area contributed by atoms with E-state index in [1.165, 1.54) is 7.05 Å². The quantitative estimate of drug-likeness (QED) is 0.512. The first-order chi connectivity index (χ1) is 6.20. The minimum Gasteiger partial charge on any atom is -0.348 e. The van der Waals surface area contributed by atoms with Gasteiger partial charge in [0, 0.05) is 20.0 Å². The molecule has 1 amide bonds. The third-order valence-corrected chi connectivity index (χ3v) is 1.60. The van der Waals surface area contributed by atoms with Gasteiger partial charge in [0.15, 0.2) is 0 Å². The van der Waals surface area contributed by atoms with Crippen molar-refractivity contribution in [3.8, 4) is 0 Å². The van der Waals surface area contributed by atoms with Crippen molar-refractivity contribution in [2.45, 2.75) is 24.9 Å². The van der Waals surface area contributed by atoms with Crippen molar-refractivity contribution in [3.63, 3.8) is 0 Å². The van der Waals surface area contributed by atoms with Gasteiger partial charge in [0.1, 0.15) is 0 Å². The van der Waals surface area contributed by atoms with E-state index in [1.54, 1.807) is 0 Å². The number of hydrogen-bond acceptors (Lipinski definition) is 1. The summed E-state index contributed by atoms with van der Waals surface area (Å²) in [5.74, 6) is -4.67. The summed E-state index contributed by atoms with van der Waals surface area (Å²) < 4.78 is 59.3. The van der Waals surface area contributed by atoms with Gasteiger partial charge in [-0.25, -0.2) is 0 Å². The lowest BCUT2D eigenvalue weighted by Crippen LogP contribution is -2.37. The molecule has 14 heavy (non-hydrogen) atoms. The van der Waals surface area contributed by atoms with Crippen molar-refractivity contribution in [3.05, 3.63) is 0 Å². The molecule has 0 aromatic carbocycles. The van der Waals surface area contributed by atoms with E-state index < -0.39 is 18.5 Å². The van der Waals surface area contributed by atoms with E-state index >= 15 is 0 Å². The Morgan fingerprint density at radius 2 is 1.71 bits per heavy atom. The Morgan fingerprint density at radius 3 is 2.07 bits per heavy atom. The van der Waals surface area contributed by atoms with Crippen molar-refractivity contribution >= 4 is 6.41 Å². The Balaban J connectivity index is 3.95. The van der Waals surface area contributed by atoms with Crippen molar-refractivity contribution < 1.29 is 26.7 Å². The monoisotopic (exact) mass is 219 g/mol. The van der Waals surface area contributed by atoms with Crippen LogP contribution in [0.3, 0.4) is 0 Å². The van der Waals surface area contributed by atoms with E-state index in [-0.39, 0.29) is 13.0 Å². The highest BCUT2D eigenvalue weighted by Gasteiger charge is 2.56. The molecule has 0 rings (SSSR count). The number of alkyl halides is 5. The normalized spacial score (nSPS) is 12.7. The van der Waals surface area contributed by atoms with Crippen molar-refractivity contribution in [1.29, 1.82) is 0 Å². The number of halogens is 5. The van der Waals surface area contributed by atoms with E-state index in [1.807, 2.05) is 0 Å². The van der Waals surface area contributed by atoms with Crippen LogP contribution in [-0.4, -0.2) is 37.0 Å². The lowest BCUT2D eigenvalue weighted by atomic mass is 10.2. The average Bonchev–Trinajstić information content (AvgIpc) is 2.01. The van der Waals surface area contributed by atoms with Crippen LogP contribution in [0.5, 0.6) is 0 Å². The average molecular weight is 219 g/mol. The molecule has 0 atom stereocenters. The van der Waals surface area contributed by atoms with Gasteiger partial charge in [0.05, 0.1) is 0 Å². The first-order valence-electron chi connectivity index (χ1n) is 3.81. The Kier molecular flexibility index (Phi) is 4.28. The Labute approximate surface area is 77.7 Å². The first kappa shape index (κ1) is 13.1. The fraction of sp³-hybridized carbons (Fsp3) is 0.857. The molecular formula is C7H10F5NO. The third-order valence-electron chi connectivity index (χ3n) is 1.60. The molecule has 0 saturated carbocycles. The Hall–Kier alpha value is -0.880. The zero-order chi connectivity index (χ0) is 11.4. The summed E-state index contributed by atoms with van der Waals surface area (Å²) in [6.45, 7) is -0.116. The molecule has 0 aromatic rings. The Morgan fingerprint density at radius 1 is 1.21 bits per heavy atom. The molecule has 0 aromatic heterocycles. The molecule has 0 aliphatic rings. The number of carbonyl (C=O) groups excluding carboxylic acids is 1. The molecule has 0 radical (unpaired) electrons. The van der Waals surface area contributed by atoms with Gasteiger partial charge in [-0.05, 0) is 6.42 Å². The number of amides is 1. The van der Waals surface area contributed by atoms with E-state index in [2.05, 4.69) is 0 Å². The van der Waals surface area contributed by atoms with E-state index in [0.29, 0.717) is 6.41 Å². The molecular weight excluding hydrogens is 209 g/mol. The lowest BCUT2D eigenvalue weighted by Gasteiger charge is -2.20. The molecule has 0 spiro atoms. The van der Waals surface area contributed by atoms with Crippen LogP contribution >= 0.6 is 0 Å². The maximum atomic E-state index is 12.3. The molecule has 2 nitrogen and oxygen atoms in total. The summed E-state index contributed by atoms with van der Waals surface area (Å²) in [5, 5.41) is 0. The molecule has 0 bridgehead atoms. The van der Waals surface area contributed by atoms with Crippen molar-refractivity contribution in [2.24, 2.45) is 0 Å². The molecule has 0 unspecified atom stereocenters. The standard InChI is InChI=1S/C7H10F5NO/c1-13(5-14)4-2-3-6(8,9)7(10,11)12/h5H,2-4H2,1H3. The fourth-order valence-electron chi connectivity index (χ4n) is 0.745. The molecule has 0 aliphatic heterocycles. The summed E-state index contributed by atoms with van der Waals surface area (Å²) in [7, 11) is 1.30. The highest BCUT2D eigenvalue weighted by Crippen LogP contribution is 2.38. The minimum atomic E-state index is -5.51. The highest BCUT2D eigenvalue weighted by molar-refractivity contribution is 5.46. The van der Waals surface area contributed by atoms with Crippen LogP contribution in [0.15, 0.2) is 0 Å². The van der Waals surface area contributed by atoms with Crippen LogP contribution in [0, 0.1) is 0 Å². The fourth-order valence-corrected chi connectivity index (χ4v) is 0.745. The van der Waals surface area contributed by atoms with E-state index in [9.17, 15) is 26.7 Å². The van der Waals surface area contributed by atoms with E-state index in [0.717, 1.165) is 4.90 Å². The van der Waals surface area contributed by atoms with Crippen molar-refractivity contribution in [2.75, 3.05) is 13.6 Å². The number of nitrogens with zero attached hydrogens (tertiary/aromatic N) is 1. The number of hydrogen-bond donors (Lipinski definition) is 0. The van der Waals surface area contributed by atoms with Gasteiger partial charge in [0.25, 0.3) is 0 Å². The van der Waals surface area contributed by atoms with Gasteiger partial charge < -0.3 is 4.90 Å². The van der Waals surface area contributed by atoms with Crippen LogP contribution in [0.25, 0.3) is 0 Å². The SMILES string of the molecule is CN(C=O)CCCC(F)(F)C(F)(F)F. The van der Waals surface area contributed by atoms with Gasteiger partial charge in [-0.1, -0.05) is 0 Å². The van der Waals surface area contributed by atoms with Crippen LogP contribution in [-0.2, 0) is 4.79 Å². The number of carbonyl (C=O) groups is 1. The van der Waals surface area contributed by atoms with Crippen LogP contribution in [0.2, 0.25) is 0 Å². The van der Waals surface area contributed by atoms with E-state index in [4.69, 9.17) is 0 Å². The smallest absolute Gasteiger partial charge is 0.348 e. The topological polar surface area (TPSA) is 20.3 Å². The second kappa shape index (κ2) is 4.56. The summed E-state index contributed by atoms with van der Waals surface area (Å²) in [6.07, 6.45) is -6.82. The van der Waals surface area contributed by atoms with Gasteiger partial charge >= 0.3 is 12.1 Å². The second-order valence-corrected chi connectivity index (χ2v) is 2.89. The van der Waals surface area contributed by atoms with Crippen LogP contribution < -0.4 is 0 Å². The highest BCUT2D eigenvalue weighted by atomic mass is 19.4. The molecule has 84 valence electrons. The summed E-state index contributed by atoms with van der Waals surface area (Å²) >= 11 is 0. The van der Waals surface area contributed by atoms with Gasteiger partial charge in [-0.2, -0.15) is 22.0 Å². The zero-order valence-electron chi connectivity index (χ0n) is 7.44. The first-order valence-corrected chi connectivity index (χ1v) is 3.81. The summed E-state index contributed by atoms with van der Waals surface area (Å²) in [5.41, 5.74) is 0. The summed E-state index contributed by atoms with van der Waals surface area (Å²) in [4.78, 5) is 11.0. The maximum absolute atomic E-state index is 12.3. The van der Waals surface area contributed by atoms with Crippen LogP contribution in [0.4, 0.5) is 22.0 Å². The molecule has 7 heteroatoms. The predicted octanol–water partition coefficient (Wildman–Crippen LogP) is 2.05. The molecule has 0 saturated heterocycles. The lowest BCUT2D eigenvalue weighted by molar-refractivity contribution is -0.284. The molecule has 0 fully saturated rings. The zero-order valence-corrected chi connectivity index (χ0v) is 7.44. The summed E-state index contributed by atoms with van der Waals surface area (Å²) in [6, 6.07) is 0. The second-order valence-electron chi connectivity index (χ2n) is 2.89. The largest absolute Gasteiger partial charge is 0.453 e. The number of rotatable bonds is 5. The van der Waals surface area contributed by atoms with Gasteiger partial charge in [-0.3, -0.25) is 4.79 Å². The molecule has 0 heterocycles. The van der Waals surface area contributed by atoms with Crippen LogP contribution in [0.1, 0.15) is 12.8 Å². The predicted molar refractivity (Wildman–Crippen MR) is 38.9 cm³/mol. The molecule has 0 aliphatic carbocycles.